The van der Waals surface area contributed by atoms with Crippen molar-refractivity contribution in [2.24, 2.45) is 0 Å². The number of aromatic nitrogens is 2. The summed E-state index contributed by atoms with van der Waals surface area (Å²) in [4.78, 5) is 28.7. The van der Waals surface area contributed by atoms with Gasteiger partial charge in [0.25, 0.3) is 11.5 Å². The maximum atomic E-state index is 12.5. The largest absolute Gasteiger partial charge is 0.321 e. The third-order valence-electron chi connectivity index (χ3n) is 4.27. The molecule has 0 atom stereocenters. The van der Waals surface area contributed by atoms with Gasteiger partial charge in [0.1, 0.15) is 10.7 Å². The van der Waals surface area contributed by atoms with E-state index in [2.05, 4.69) is 10.3 Å². The fraction of sp³-hybridized carbons (Fsp3) is 0.0455. The molecule has 2 aromatic heterocycles. The van der Waals surface area contributed by atoms with Crippen LogP contribution in [0.4, 0.5) is 5.69 Å². The monoisotopic (exact) mass is 421 g/mol. The number of amides is 1. The second-order valence-corrected chi connectivity index (χ2v) is 7.66. The Hall–Kier alpha value is -3.22. The Bertz CT molecular complexity index is 1210. The highest BCUT2D eigenvalue weighted by Crippen LogP contribution is 2.26. The van der Waals surface area contributed by atoms with Gasteiger partial charge in [-0.25, -0.2) is 4.98 Å². The van der Waals surface area contributed by atoms with Crippen molar-refractivity contribution >= 4 is 34.5 Å². The van der Waals surface area contributed by atoms with Gasteiger partial charge in [0.05, 0.1) is 6.54 Å². The van der Waals surface area contributed by atoms with Crippen molar-refractivity contribution in [3.63, 3.8) is 0 Å². The molecule has 5 nitrogen and oxygen atoms in total. The molecule has 0 bridgehead atoms. The fourth-order valence-electron chi connectivity index (χ4n) is 2.81. The van der Waals surface area contributed by atoms with Crippen molar-refractivity contribution < 1.29 is 4.79 Å². The van der Waals surface area contributed by atoms with E-state index in [4.69, 9.17) is 11.6 Å². The number of carbonyl (C=O) groups excluding carboxylic acids is 1. The lowest BCUT2D eigenvalue weighted by molar-refractivity contribution is 0.102. The van der Waals surface area contributed by atoms with E-state index in [0.717, 1.165) is 16.1 Å². The molecule has 0 radical (unpaired) electrons. The highest BCUT2D eigenvalue weighted by atomic mass is 35.5. The van der Waals surface area contributed by atoms with Crippen LogP contribution in [0.3, 0.4) is 0 Å². The van der Waals surface area contributed by atoms with Crippen molar-refractivity contribution in [1.82, 2.24) is 9.55 Å². The number of halogens is 1. The Morgan fingerprint density at radius 2 is 1.90 bits per heavy atom. The molecule has 0 spiro atoms. The van der Waals surface area contributed by atoms with Crippen LogP contribution in [0.15, 0.2) is 83.1 Å². The number of nitrogens with zero attached hydrogens (tertiary/aromatic N) is 2. The van der Waals surface area contributed by atoms with Crippen molar-refractivity contribution in [2.75, 3.05) is 5.32 Å². The van der Waals surface area contributed by atoms with E-state index in [0.29, 0.717) is 22.9 Å². The van der Waals surface area contributed by atoms with E-state index >= 15 is 0 Å². The van der Waals surface area contributed by atoms with Gasteiger partial charge in [-0.05, 0) is 35.9 Å². The van der Waals surface area contributed by atoms with Gasteiger partial charge >= 0.3 is 0 Å². The van der Waals surface area contributed by atoms with Gasteiger partial charge in [0.2, 0.25) is 0 Å². The van der Waals surface area contributed by atoms with Crippen LogP contribution in [0.1, 0.15) is 16.1 Å². The molecule has 0 unspecified atom stereocenters. The Labute approximate surface area is 176 Å². The van der Waals surface area contributed by atoms with Crippen LogP contribution in [0.25, 0.3) is 10.6 Å². The summed E-state index contributed by atoms with van der Waals surface area (Å²) in [5, 5.41) is 5.94. The van der Waals surface area contributed by atoms with Crippen LogP contribution >= 0.6 is 22.9 Å². The summed E-state index contributed by atoms with van der Waals surface area (Å²) < 4.78 is 1.63. The molecular formula is C22H16ClN3O2S. The minimum absolute atomic E-state index is 0.0519. The lowest BCUT2D eigenvalue weighted by Gasteiger charge is -2.07. The van der Waals surface area contributed by atoms with Gasteiger partial charge in [0.15, 0.2) is 0 Å². The fourth-order valence-corrected chi connectivity index (χ4v) is 3.80. The molecule has 2 aromatic carbocycles. The van der Waals surface area contributed by atoms with Crippen molar-refractivity contribution in [1.29, 1.82) is 0 Å². The number of pyridine rings is 1. The third kappa shape index (κ3) is 4.62. The number of carbonyl (C=O) groups is 1. The maximum absolute atomic E-state index is 12.5. The van der Waals surface area contributed by atoms with E-state index in [1.54, 1.807) is 28.3 Å². The van der Waals surface area contributed by atoms with Gasteiger partial charge in [-0.15, -0.1) is 11.3 Å². The zero-order chi connectivity index (χ0) is 20.2. The first-order valence-corrected chi connectivity index (χ1v) is 10.1. The molecule has 0 aliphatic heterocycles. The van der Waals surface area contributed by atoms with Crippen molar-refractivity contribution in [3.05, 3.63) is 105 Å². The van der Waals surface area contributed by atoms with Gasteiger partial charge < -0.3 is 9.88 Å². The number of hydrogen-bond acceptors (Lipinski definition) is 4. The van der Waals surface area contributed by atoms with E-state index in [1.807, 2.05) is 48.5 Å². The quantitative estimate of drug-likeness (QED) is 0.497. The summed E-state index contributed by atoms with van der Waals surface area (Å²) in [7, 11) is 0. The number of anilines is 1. The van der Waals surface area contributed by atoms with Crippen LogP contribution in [-0.2, 0) is 6.54 Å². The average Bonchev–Trinajstić information content (AvgIpc) is 3.22. The standard InChI is InChI=1S/C22H16ClN3O2S/c23-17-5-3-4-16(12-17)22-25-19(14-29-22)21(28)24-18-9-7-15(8-10-18)13-26-11-2-1-6-20(26)27/h1-12,14H,13H2,(H,24,28). The van der Waals surface area contributed by atoms with Crippen LogP contribution in [0.5, 0.6) is 0 Å². The Morgan fingerprint density at radius 3 is 2.66 bits per heavy atom. The summed E-state index contributed by atoms with van der Waals surface area (Å²) >= 11 is 7.41. The Morgan fingerprint density at radius 1 is 1.07 bits per heavy atom. The molecule has 0 fully saturated rings. The SMILES string of the molecule is O=C(Nc1ccc(Cn2ccccc2=O)cc1)c1csc(-c2cccc(Cl)c2)n1. The first-order valence-electron chi connectivity index (χ1n) is 8.86. The summed E-state index contributed by atoms with van der Waals surface area (Å²) in [6, 6.07) is 19.8. The molecule has 144 valence electrons. The molecular weight excluding hydrogens is 406 g/mol. The molecule has 0 saturated heterocycles. The van der Waals surface area contributed by atoms with E-state index in [9.17, 15) is 9.59 Å². The average molecular weight is 422 g/mol. The topological polar surface area (TPSA) is 64.0 Å². The summed E-state index contributed by atoms with van der Waals surface area (Å²) in [6.07, 6.45) is 1.75. The van der Waals surface area contributed by atoms with E-state index in [-0.39, 0.29) is 11.5 Å². The molecule has 1 amide bonds. The minimum atomic E-state index is -0.276. The highest BCUT2D eigenvalue weighted by Gasteiger charge is 2.12. The Kier molecular flexibility index (Phi) is 5.55. The highest BCUT2D eigenvalue weighted by molar-refractivity contribution is 7.13. The minimum Gasteiger partial charge on any atom is -0.321 e. The van der Waals surface area contributed by atoms with Gasteiger partial charge in [0, 0.05) is 33.9 Å². The first kappa shape index (κ1) is 19.1. The number of benzene rings is 2. The third-order valence-corrected chi connectivity index (χ3v) is 5.40. The second-order valence-electron chi connectivity index (χ2n) is 6.37. The van der Waals surface area contributed by atoms with Crippen molar-refractivity contribution in [3.8, 4) is 10.6 Å². The van der Waals surface area contributed by atoms with E-state index in [1.165, 1.54) is 17.4 Å². The summed E-state index contributed by atoms with van der Waals surface area (Å²) in [6.45, 7) is 0.475. The van der Waals surface area contributed by atoms with Gasteiger partial charge in [-0.1, -0.05) is 41.9 Å². The summed E-state index contributed by atoms with van der Waals surface area (Å²) in [5.74, 6) is -0.276. The molecule has 1 N–H and O–H groups in total. The van der Waals surface area contributed by atoms with E-state index < -0.39 is 0 Å². The van der Waals surface area contributed by atoms with Crippen molar-refractivity contribution in [2.45, 2.75) is 6.54 Å². The summed E-state index contributed by atoms with van der Waals surface area (Å²) in [5.41, 5.74) is 2.81. The number of rotatable bonds is 5. The van der Waals surface area contributed by atoms with Crippen LogP contribution in [0.2, 0.25) is 5.02 Å². The van der Waals surface area contributed by atoms with Crippen LogP contribution < -0.4 is 10.9 Å². The molecule has 0 aliphatic rings. The maximum Gasteiger partial charge on any atom is 0.275 e. The smallest absolute Gasteiger partial charge is 0.275 e. The molecule has 4 aromatic rings. The molecule has 29 heavy (non-hydrogen) atoms. The molecule has 0 saturated carbocycles. The molecule has 0 aliphatic carbocycles. The molecule has 4 rings (SSSR count). The molecule has 2 heterocycles. The predicted octanol–water partition coefficient (Wildman–Crippen LogP) is 4.93. The number of hydrogen-bond donors (Lipinski definition) is 1. The lowest BCUT2D eigenvalue weighted by atomic mass is 10.2. The van der Waals surface area contributed by atoms with Crippen LogP contribution in [0, 0.1) is 0 Å². The second kappa shape index (κ2) is 8.43. The zero-order valence-corrected chi connectivity index (χ0v) is 16.8. The normalized spacial score (nSPS) is 10.7. The first-order chi connectivity index (χ1) is 14.1. The number of nitrogens with one attached hydrogen (secondary N) is 1. The van der Waals surface area contributed by atoms with Gasteiger partial charge in [-0.3, -0.25) is 9.59 Å². The zero-order valence-electron chi connectivity index (χ0n) is 15.2. The van der Waals surface area contributed by atoms with Gasteiger partial charge in [-0.2, -0.15) is 0 Å². The lowest BCUT2D eigenvalue weighted by Crippen LogP contribution is -2.18. The van der Waals surface area contributed by atoms with Crippen LogP contribution in [-0.4, -0.2) is 15.5 Å². The Balaban J connectivity index is 1.44. The predicted molar refractivity (Wildman–Crippen MR) is 117 cm³/mol. The number of thiazole rings is 1. The molecule has 7 heteroatoms.